The first-order chi connectivity index (χ1) is 19.8. The van der Waals surface area contributed by atoms with Crippen LogP contribution in [0.15, 0.2) is 120 Å². The van der Waals surface area contributed by atoms with E-state index in [2.05, 4.69) is 95.4 Å². The van der Waals surface area contributed by atoms with Crippen molar-refractivity contribution in [1.29, 1.82) is 0 Å². The lowest BCUT2D eigenvalue weighted by Gasteiger charge is -2.05. The summed E-state index contributed by atoms with van der Waals surface area (Å²) in [4.78, 5) is 10.2. The van der Waals surface area contributed by atoms with Gasteiger partial charge in [-0.1, -0.05) is 72.8 Å². The summed E-state index contributed by atoms with van der Waals surface area (Å²) in [5.74, 6) is 0. The van der Waals surface area contributed by atoms with Gasteiger partial charge in [0, 0.05) is 21.5 Å². The highest BCUT2D eigenvalue weighted by Gasteiger charge is 2.23. The molecule has 4 heteroatoms. The van der Waals surface area contributed by atoms with Crippen LogP contribution in [0.2, 0.25) is 0 Å². The van der Waals surface area contributed by atoms with Gasteiger partial charge in [-0.15, -0.1) is 0 Å². The van der Waals surface area contributed by atoms with Crippen LogP contribution >= 0.6 is 0 Å². The molecule has 184 valence electrons. The van der Waals surface area contributed by atoms with Crippen molar-refractivity contribution in [2.24, 2.45) is 0 Å². The lowest BCUT2D eigenvalue weighted by atomic mass is 9.99. The molecule has 4 heterocycles. The van der Waals surface area contributed by atoms with Crippen LogP contribution in [0.4, 0.5) is 0 Å². The molecule has 0 saturated carbocycles. The van der Waals surface area contributed by atoms with E-state index in [1.807, 2.05) is 24.3 Å². The molecule has 0 spiro atoms. The molecule has 0 unspecified atom stereocenters. The number of furan rings is 1. The molecule has 10 rings (SSSR count). The summed E-state index contributed by atoms with van der Waals surface area (Å²) >= 11 is 0. The van der Waals surface area contributed by atoms with Crippen LogP contribution in [0.25, 0.3) is 93.2 Å². The minimum Gasteiger partial charge on any atom is -0.456 e. The molecule has 10 aromatic rings. The standard InChI is InChI=1S/C36H19N3O/c1-2-7-21-18-22(13-12-20(21)6-1)23-14-16-30-27(19-23)32-31(40-30)17-15-25-24-8-5-9-26-33-36(39(34(24)26)35(25)32)38-29-11-4-3-10-28(29)37-33/h1-19H. The normalized spacial score (nSPS) is 12.5. The van der Waals surface area contributed by atoms with Crippen molar-refractivity contribution in [3.63, 3.8) is 0 Å². The number of nitrogens with zero attached hydrogens (tertiary/aromatic N) is 3. The minimum absolute atomic E-state index is 0.876. The predicted molar refractivity (Wildman–Crippen MR) is 164 cm³/mol. The lowest BCUT2D eigenvalue weighted by molar-refractivity contribution is 0.669. The molecule has 0 atom stereocenters. The number of aromatic nitrogens is 3. The molecular weight excluding hydrogens is 490 g/mol. The fraction of sp³-hybridized carbons (Fsp3) is 0. The van der Waals surface area contributed by atoms with Gasteiger partial charge < -0.3 is 4.42 Å². The van der Waals surface area contributed by atoms with Gasteiger partial charge in [0.25, 0.3) is 0 Å². The first-order valence-electron chi connectivity index (χ1n) is 13.5. The second-order valence-corrected chi connectivity index (χ2v) is 10.6. The van der Waals surface area contributed by atoms with Gasteiger partial charge in [0.15, 0.2) is 5.65 Å². The Morgan fingerprint density at radius 3 is 2.15 bits per heavy atom. The van der Waals surface area contributed by atoms with Crippen LogP contribution < -0.4 is 0 Å². The van der Waals surface area contributed by atoms with Crippen LogP contribution in [0, 0.1) is 0 Å². The molecule has 0 fully saturated rings. The topological polar surface area (TPSA) is 43.3 Å². The van der Waals surface area contributed by atoms with Crippen molar-refractivity contribution in [3.05, 3.63) is 115 Å². The van der Waals surface area contributed by atoms with Crippen molar-refractivity contribution in [2.45, 2.75) is 0 Å². The number of fused-ring (bicyclic) bond motifs is 12. The second kappa shape index (κ2) is 7.13. The van der Waals surface area contributed by atoms with Gasteiger partial charge in [0.1, 0.15) is 16.7 Å². The molecule has 0 radical (unpaired) electrons. The van der Waals surface area contributed by atoms with Crippen LogP contribution in [0.1, 0.15) is 0 Å². The molecule has 4 nitrogen and oxygen atoms in total. The summed E-state index contributed by atoms with van der Waals surface area (Å²) in [6.45, 7) is 0. The van der Waals surface area contributed by atoms with Crippen LogP contribution in [0.3, 0.4) is 0 Å². The van der Waals surface area contributed by atoms with Crippen molar-refractivity contribution in [2.75, 3.05) is 0 Å². The van der Waals surface area contributed by atoms with E-state index >= 15 is 0 Å². The monoisotopic (exact) mass is 509 g/mol. The van der Waals surface area contributed by atoms with E-state index in [4.69, 9.17) is 14.4 Å². The third-order valence-corrected chi connectivity index (χ3v) is 8.48. The number of para-hydroxylation sites is 3. The summed E-state index contributed by atoms with van der Waals surface area (Å²) in [5.41, 5.74) is 10.0. The van der Waals surface area contributed by atoms with Gasteiger partial charge in [-0.3, -0.25) is 4.40 Å². The summed E-state index contributed by atoms with van der Waals surface area (Å²) in [6, 6.07) is 40.6. The van der Waals surface area contributed by atoms with Gasteiger partial charge in [0.05, 0.1) is 27.5 Å². The third kappa shape index (κ3) is 2.51. The Balaban J connectivity index is 1.37. The first kappa shape index (κ1) is 20.5. The van der Waals surface area contributed by atoms with Crippen molar-refractivity contribution >= 4 is 82.1 Å². The Kier molecular flexibility index (Phi) is 3.65. The van der Waals surface area contributed by atoms with E-state index in [0.717, 1.165) is 60.6 Å². The molecule has 0 saturated heterocycles. The molecule has 0 aliphatic rings. The average molecular weight is 510 g/mol. The van der Waals surface area contributed by atoms with Gasteiger partial charge in [0.2, 0.25) is 0 Å². The maximum absolute atomic E-state index is 6.44. The second-order valence-electron chi connectivity index (χ2n) is 10.6. The predicted octanol–water partition coefficient (Wildman–Crippen LogP) is 9.50. The molecule has 6 aromatic carbocycles. The van der Waals surface area contributed by atoms with E-state index in [1.54, 1.807) is 0 Å². The highest BCUT2D eigenvalue weighted by molar-refractivity contribution is 6.29. The Labute approximate surface area is 227 Å². The first-order valence-corrected chi connectivity index (χ1v) is 13.5. The maximum Gasteiger partial charge on any atom is 0.165 e. The Hall–Kier alpha value is -5.48. The van der Waals surface area contributed by atoms with Gasteiger partial charge in [-0.05, 0) is 64.4 Å². The average Bonchev–Trinajstić information content (AvgIpc) is 3.65. The highest BCUT2D eigenvalue weighted by atomic mass is 16.3. The highest BCUT2D eigenvalue weighted by Crippen LogP contribution is 2.44. The zero-order valence-electron chi connectivity index (χ0n) is 21.2. The van der Waals surface area contributed by atoms with E-state index < -0.39 is 0 Å². The SMILES string of the molecule is c1ccc2cc(-c3ccc4oc5ccc6c7cccc8c9nc%10ccccc%10nc9n(c78)c6c5c4c3)ccc2c1. The van der Waals surface area contributed by atoms with E-state index in [1.165, 1.54) is 32.7 Å². The molecule has 0 aliphatic carbocycles. The Bertz CT molecular complexity index is 2660. The molecule has 40 heavy (non-hydrogen) atoms. The zero-order chi connectivity index (χ0) is 25.9. The smallest absolute Gasteiger partial charge is 0.165 e. The quantitative estimate of drug-likeness (QED) is 0.221. The number of benzene rings is 6. The van der Waals surface area contributed by atoms with E-state index in [0.29, 0.717) is 0 Å². The summed E-state index contributed by atoms with van der Waals surface area (Å²) in [5, 5.41) is 8.23. The fourth-order valence-corrected chi connectivity index (χ4v) is 6.69. The minimum atomic E-state index is 0.876. The summed E-state index contributed by atoms with van der Waals surface area (Å²) in [7, 11) is 0. The third-order valence-electron chi connectivity index (χ3n) is 8.48. The summed E-state index contributed by atoms with van der Waals surface area (Å²) in [6.07, 6.45) is 0. The Morgan fingerprint density at radius 1 is 0.500 bits per heavy atom. The number of hydrogen-bond acceptors (Lipinski definition) is 3. The van der Waals surface area contributed by atoms with E-state index in [9.17, 15) is 0 Å². The molecule has 4 aromatic heterocycles. The van der Waals surface area contributed by atoms with Crippen LogP contribution in [0.5, 0.6) is 0 Å². The Morgan fingerprint density at radius 2 is 1.23 bits per heavy atom. The van der Waals surface area contributed by atoms with Gasteiger partial charge in [-0.25, -0.2) is 9.97 Å². The number of rotatable bonds is 1. The van der Waals surface area contributed by atoms with Crippen molar-refractivity contribution in [1.82, 2.24) is 14.4 Å². The molecule has 0 N–H and O–H groups in total. The zero-order valence-corrected chi connectivity index (χ0v) is 21.2. The van der Waals surface area contributed by atoms with Crippen LogP contribution in [-0.2, 0) is 0 Å². The fourth-order valence-electron chi connectivity index (χ4n) is 6.69. The van der Waals surface area contributed by atoms with Crippen molar-refractivity contribution in [3.8, 4) is 11.1 Å². The molecule has 0 aliphatic heterocycles. The largest absolute Gasteiger partial charge is 0.456 e. The molecule has 0 amide bonds. The van der Waals surface area contributed by atoms with Crippen LogP contribution in [-0.4, -0.2) is 14.4 Å². The molecule has 0 bridgehead atoms. The van der Waals surface area contributed by atoms with Gasteiger partial charge in [-0.2, -0.15) is 0 Å². The lowest BCUT2D eigenvalue weighted by Crippen LogP contribution is -1.89. The van der Waals surface area contributed by atoms with E-state index in [-0.39, 0.29) is 0 Å². The molecular formula is C36H19N3O. The number of hydrogen-bond donors (Lipinski definition) is 0. The van der Waals surface area contributed by atoms with Crippen molar-refractivity contribution < 1.29 is 4.42 Å². The summed E-state index contributed by atoms with van der Waals surface area (Å²) < 4.78 is 8.76. The van der Waals surface area contributed by atoms with Gasteiger partial charge >= 0.3 is 0 Å². The maximum atomic E-state index is 6.44.